The summed E-state index contributed by atoms with van der Waals surface area (Å²) in [5.74, 6) is -3.44. The third kappa shape index (κ3) is 16.4. The topological polar surface area (TPSA) is 278 Å². The lowest BCUT2D eigenvalue weighted by molar-refractivity contribution is -0.134. The highest BCUT2D eigenvalue weighted by atomic mass is 16.5. The molecular weight excluding hydrogens is 1120 g/mol. The zero-order valence-corrected chi connectivity index (χ0v) is 49.7. The van der Waals surface area contributed by atoms with Crippen LogP contribution in [0, 0.1) is 0 Å². The number of aromatic nitrogens is 2. The highest BCUT2D eigenvalue weighted by molar-refractivity contribution is 6.23. The summed E-state index contributed by atoms with van der Waals surface area (Å²) in [7, 11) is 10.4. The Morgan fingerprint density at radius 3 is 1.15 bits per heavy atom. The van der Waals surface area contributed by atoms with Crippen LogP contribution in [0.4, 0.5) is 22.7 Å². The van der Waals surface area contributed by atoms with Gasteiger partial charge < -0.3 is 59.5 Å². The summed E-state index contributed by atoms with van der Waals surface area (Å²) in [5, 5.41) is 39.0. The Labute approximate surface area is 508 Å². The van der Waals surface area contributed by atoms with Crippen LogP contribution in [0.25, 0.3) is 21.8 Å². The van der Waals surface area contributed by atoms with Gasteiger partial charge in [0.15, 0.2) is 11.8 Å². The molecule has 6 aromatic carbocycles. The molecule has 2 aliphatic rings. The summed E-state index contributed by atoms with van der Waals surface area (Å²) in [5.41, 5.74) is 8.68. The fraction of sp³-hybridized carbons (Fsp3) is 0.242. The highest BCUT2D eigenvalue weighted by Gasteiger charge is 2.25. The van der Waals surface area contributed by atoms with Crippen molar-refractivity contribution >= 4 is 91.7 Å². The second kappa shape index (κ2) is 29.7. The molecular formula is C66H70N10O12. The van der Waals surface area contributed by atoms with Crippen molar-refractivity contribution < 1.29 is 58.7 Å². The van der Waals surface area contributed by atoms with Crippen molar-refractivity contribution in [3.05, 3.63) is 191 Å². The first-order valence-electron chi connectivity index (χ1n) is 28.1. The van der Waals surface area contributed by atoms with Crippen molar-refractivity contribution in [1.82, 2.24) is 29.6 Å². The predicted octanol–water partition coefficient (Wildman–Crippen LogP) is 7.79. The largest absolute Gasteiger partial charge is 0.494 e. The highest BCUT2D eigenvalue weighted by Crippen LogP contribution is 2.35. The van der Waals surface area contributed by atoms with Gasteiger partial charge in [0, 0.05) is 123 Å². The quantitative estimate of drug-likeness (QED) is 0.0306. The summed E-state index contributed by atoms with van der Waals surface area (Å²) in [6, 6.07) is 44.3. The van der Waals surface area contributed by atoms with Crippen LogP contribution in [0.2, 0.25) is 0 Å². The fourth-order valence-electron chi connectivity index (χ4n) is 9.85. The lowest BCUT2D eigenvalue weighted by Gasteiger charge is -2.32. The lowest BCUT2D eigenvalue weighted by atomic mass is 10.00. The number of aliphatic carboxylic acids is 2. The summed E-state index contributed by atoms with van der Waals surface area (Å²) in [6.07, 6.45) is 1.12. The Morgan fingerprint density at radius 2 is 0.830 bits per heavy atom. The van der Waals surface area contributed by atoms with E-state index in [-0.39, 0.29) is 23.6 Å². The third-order valence-electron chi connectivity index (χ3n) is 14.9. The van der Waals surface area contributed by atoms with Gasteiger partial charge in [0.05, 0.1) is 72.4 Å². The first-order valence-corrected chi connectivity index (χ1v) is 28.1. The van der Waals surface area contributed by atoms with Crippen LogP contribution in [0.5, 0.6) is 11.8 Å². The molecule has 88 heavy (non-hydrogen) atoms. The number of hydrogen-bond acceptors (Lipinski definition) is 16. The van der Waals surface area contributed by atoms with Crippen molar-refractivity contribution in [2.45, 2.75) is 0 Å². The number of piperazine rings is 2. The number of nitrogens with one attached hydrogen (secondary N) is 2. The molecule has 22 heteroatoms. The average Bonchev–Trinajstić information content (AvgIpc) is 1.79. The van der Waals surface area contributed by atoms with Crippen molar-refractivity contribution in [1.29, 1.82) is 0 Å². The number of likely N-dealkylation sites (N-methyl/N-ethyl adjacent to an activating group) is 4. The summed E-state index contributed by atoms with van der Waals surface area (Å²) >= 11 is 0. The first-order chi connectivity index (χ1) is 42.3. The van der Waals surface area contributed by atoms with E-state index in [0.29, 0.717) is 81.3 Å². The number of H-pyrrole nitrogens is 2. The Bertz CT molecular complexity index is 3610. The number of nitrogens with zero attached hydrogens (tertiary/aromatic N) is 8. The minimum Gasteiger partial charge on any atom is -0.494 e. The lowest BCUT2D eigenvalue weighted by Crippen LogP contribution is -2.48. The Morgan fingerprint density at radius 1 is 0.489 bits per heavy atom. The molecule has 8 aromatic rings. The molecule has 22 nitrogen and oxygen atoms in total. The number of benzene rings is 6. The molecule has 0 saturated carbocycles. The number of hydrogen-bond donors (Lipinski definition) is 6. The number of amides is 2. The molecule has 2 aromatic heterocycles. The monoisotopic (exact) mass is 1190 g/mol. The zero-order valence-electron chi connectivity index (χ0n) is 49.7. The standard InChI is InChI=1S/2C31H33N5O4.C4H4O4/c2*1-34-15-17-36(18-16-34)20-27(37)35(2)24-12-10-23(11-13-24)32-29(21-7-5-4-6-8-21)28-25-14-9-22(31(39)40-3)19-26(25)33-30(28)38;5-3(6)1-2-4(7)8/h2*4-14,19,33,38H,15-18,20H2,1-3H3;1-2H,(H,5,6)(H,7,8)/b;;2-1-. The molecule has 4 heterocycles. The molecule has 0 atom stereocenters. The third-order valence-corrected chi connectivity index (χ3v) is 14.9. The van der Waals surface area contributed by atoms with Gasteiger partial charge in [-0.2, -0.15) is 0 Å². The molecule has 0 unspecified atom stereocenters. The second-order valence-electron chi connectivity index (χ2n) is 21.0. The van der Waals surface area contributed by atoms with Crippen LogP contribution in [0.3, 0.4) is 0 Å². The van der Waals surface area contributed by atoms with Gasteiger partial charge in [-0.1, -0.05) is 72.8 Å². The van der Waals surface area contributed by atoms with Crippen LogP contribution in [-0.2, 0) is 28.7 Å². The van der Waals surface area contributed by atoms with E-state index in [0.717, 1.165) is 85.6 Å². The number of methoxy groups -OCH3 is 2. The first kappa shape index (κ1) is 63.8. The Kier molecular flexibility index (Phi) is 21.5. The van der Waals surface area contributed by atoms with E-state index in [1.54, 1.807) is 60.3 Å². The van der Waals surface area contributed by atoms with Crippen LogP contribution >= 0.6 is 0 Å². The number of rotatable bonds is 16. The molecule has 0 radical (unpaired) electrons. The van der Waals surface area contributed by atoms with Gasteiger partial charge in [-0.05, 0) is 86.9 Å². The summed E-state index contributed by atoms with van der Waals surface area (Å²) < 4.78 is 9.67. The molecule has 6 N–H and O–H groups in total. The van der Waals surface area contributed by atoms with E-state index < -0.39 is 23.9 Å². The minimum absolute atomic E-state index is 0.0424. The molecule has 2 amide bonds. The molecule has 2 fully saturated rings. The number of carboxylic acids is 2. The van der Waals surface area contributed by atoms with Crippen molar-refractivity contribution in [3.8, 4) is 11.8 Å². The normalized spacial score (nSPS) is 14.3. The summed E-state index contributed by atoms with van der Waals surface area (Å²) in [4.78, 5) is 97.1. The van der Waals surface area contributed by atoms with Gasteiger partial charge in [0.1, 0.15) is 0 Å². The van der Waals surface area contributed by atoms with Crippen molar-refractivity contribution in [2.75, 3.05) is 118 Å². The molecule has 0 bridgehead atoms. The Balaban J connectivity index is 0.000000203. The van der Waals surface area contributed by atoms with Gasteiger partial charge in [-0.3, -0.25) is 19.4 Å². The second-order valence-corrected chi connectivity index (χ2v) is 21.0. The van der Waals surface area contributed by atoms with E-state index in [1.807, 2.05) is 109 Å². The molecule has 10 rings (SSSR count). The van der Waals surface area contributed by atoms with E-state index in [2.05, 4.69) is 43.7 Å². The van der Waals surface area contributed by atoms with Gasteiger partial charge in [0.25, 0.3) is 0 Å². The van der Waals surface area contributed by atoms with Gasteiger partial charge in [-0.25, -0.2) is 29.2 Å². The van der Waals surface area contributed by atoms with E-state index in [4.69, 9.17) is 29.7 Å². The number of esters is 2. The summed E-state index contributed by atoms with van der Waals surface area (Å²) in [6.45, 7) is 8.18. The predicted molar refractivity (Wildman–Crippen MR) is 338 cm³/mol. The average molecular weight is 1200 g/mol. The van der Waals surface area contributed by atoms with E-state index >= 15 is 0 Å². The van der Waals surface area contributed by atoms with Crippen LogP contribution in [0.15, 0.2) is 168 Å². The maximum Gasteiger partial charge on any atom is 0.337 e. The molecule has 456 valence electrons. The van der Waals surface area contributed by atoms with E-state index in [9.17, 15) is 39.0 Å². The number of carbonyl (C=O) groups is 6. The number of aromatic amines is 2. The molecule has 0 spiro atoms. The number of aliphatic imine (C=N–C) groups is 2. The fourth-order valence-corrected chi connectivity index (χ4v) is 9.85. The zero-order chi connectivity index (χ0) is 63.0. The number of carbonyl (C=O) groups excluding carboxylic acids is 4. The minimum atomic E-state index is -1.26. The van der Waals surface area contributed by atoms with Crippen LogP contribution in [-0.4, -0.2) is 205 Å². The SMILES string of the molecule is COC(=O)c1ccc2c(C(=Nc3ccc(N(C)C(=O)CN4CCN(C)CC4)cc3)c3ccccc3)c(O)[nH]c2c1.COC(=O)c1ccc2c(C(=Nc3ccc(N(C)C(=O)CN4CCN(C)CC4)cc3)c3ccccc3)c(O)[nH]c2c1.O=C(O)/C=C\C(=O)O. The van der Waals surface area contributed by atoms with Crippen molar-refractivity contribution in [2.24, 2.45) is 9.98 Å². The van der Waals surface area contributed by atoms with Gasteiger partial charge >= 0.3 is 23.9 Å². The maximum absolute atomic E-state index is 12.9. The van der Waals surface area contributed by atoms with E-state index in [1.165, 1.54) is 14.2 Å². The smallest absolute Gasteiger partial charge is 0.337 e. The number of aromatic hydroxyl groups is 2. The van der Waals surface area contributed by atoms with Crippen molar-refractivity contribution in [3.63, 3.8) is 0 Å². The molecule has 2 saturated heterocycles. The van der Waals surface area contributed by atoms with Gasteiger partial charge in [0.2, 0.25) is 11.8 Å². The Hall–Kier alpha value is -10.3. The maximum atomic E-state index is 12.9. The number of fused-ring (bicyclic) bond motifs is 2. The van der Waals surface area contributed by atoms with Crippen LogP contribution < -0.4 is 9.80 Å². The number of ether oxygens (including phenoxy) is 2. The van der Waals surface area contributed by atoms with Gasteiger partial charge in [-0.15, -0.1) is 0 Å². The molecule has 0 aliphatic carbocycles. The number of anilines is 2. The molecule has 2 aliphatic heterocycles. The van der Waals surface area contributed by atoms with Crippen LogP contribution in [0.1, 0.15) is 43.0 Å². The number of carboxylic acid groups (broad SMARTS) is 2.